The SMILES string of the molecule is Cc1ccc(S(=O)(=O)N2Cc3ccccc3C[C@H]2C(=O)Nc2ccc(-n3cccn3)nc2)cc1. The van der Waals surface area contributed by atoms with Crippen molar-refractivity contribution in [3.05, 3.63) is 102 Å². The highest BCUT2D eigenvalue weighted by molar-refractivity contribution is 7.89. The molecule has 0 unspecified atom stereocenters. The molecule has 4 aromatic rings. The van der Waals surface area contributed by atoms with Crippen molar-refractivity contribution in [2.75, 3.05) is 5.32 Å². The molecule has 34 heavy (non-hydrogen) atoms. The first-order chi connectivity index (χ1) is 16.4. The summed E-state index contributed by atoms with van der Waals surface area (Å²) in [5.41, 5.74) is 3.30. The Labute approximate surface area is 197 Å². The molecule has 0 spiro atoms. The van der Waals surface area contributed by atoms with Crippen LogP contribution in [0.2, 0.25) is 0 Å². The van der Waals surface area contributed by atoms with E-state index in [9.17, 15) is 13.2 Å². The standard InChI is InChI=1S/C25H23N5O3S/c1-18-7-10-22(11-8-18)34(32,33)30-17-20-6-3-2-5-19(20)15-23(30)25(31)28-21-9-12-24(26-16-21)29-14-4-13-27-29/h2-14,16,23H,15,17H2,1H3,(H,28,31)/t23-/m0/s1. The molecule has 8 nitrogen and oxygen atoms in total. The summed E-state index contributed by atoms with van der Waals surface area (Å²) >= 11 is 0. The molecule has 9 heteroatoms. The topological polar surface area (TPSA) is 97.2 Å². The van der Waals surface area contributed by atoms with E-state index in [0.717, 1.165) is 16.7 Å². The minimum atomic E-state index is -3.90. The molecule has 1 aliphatic heterocycles. The Bertz CT molecular complexity index is 1420. The second-order valence-corrected chi connectivity index (χ2v) is 10.1. The van der Waals surface area contributed by atoms with E-state index in [1.54, 1.807) is 59.5 Å². The van der Waals surface area contributed by atoms with Crippen LogP contribution in [-0.2, 0) is 27.8 Å². The van der Waals surface area contributed by atoms with Crippen molar-refractivity contribution < 1.29 is 13.2 Å². The van der Waals surface area contributed by atoms with Gasteiger partial charge in [-0.25, -0.2) is 18.1 Å². The number of aromatic nitrogens is 3. The number of hydrogen-bond acceptors (Lipinski definition) is 5. The number of nitrogens with zero attached hydrogens (tertiary/aromatic N) is 4. The molecule has 2 aromatic heterocycles. The first kappa shape index (κ1) is 22.0. The van der Waals surface area contributed by atoms with Crippen LogP contribution in [-0.4, -0.2) is 39.4 Å². The molecule has 5 rings (SSSR count). The molecule has 172 valence electrons. The molecule has 0 fully saturated rings. The fourth-order valence-corrected chi connectivity index (χ4v) is 5.61. The summed E-state index contributed by atoms with van der Waals surface area (Å²) in [5.74, 6) is 0.206. The van der Waals surface area contributed by atoms with Gasteiger partial charge in [0.2, 0.25) is 15.9 Å². The Morgan fingerprint density at radius 2 is 1.76 bits per heavy atom. The maximum Gasteiger partial charge on any atom is 0.244 e. The summed E-state index contributed by atoms with van der Waals surface area (Å²) in [4.78, 5) is 17.9. The van der Waals surface area contributed by atoms with Crippen LogP contribution in [0, 0.1) is 6.92 Å². The normalized spacial score (nSPS) is 16.1. The number of sulfonamides is 1. The third-order valence-electron chi connectivity index (χ3n) is 5.89. The molecule has 1 aliphatic rings. The lowest BCUT2D eigenvalue weighted by Gasteiger charge is -2.35. The van der Waals surface area contributed by atoms with Gasteiger partial charge in [-0.3, -0.25) is 4.79 Å². The van der Waals surface area contributed by atoms with Crippen LogP contribution in [0.4, 0.5) is 5.69 Å². The van der Waals surface area contributed by atoms with E-state index in [2.05, 4.69) is 15.4 Å². The minimum absolute atomic E-state index is 0.126. The zero-order chi connectivity index (χ0) is 23.7. The monoisotopic (exact) mass is 473 g/mol. The lowest BCUT2D eigenvalue weighted by molar-refractivity contribution is -0.120. The molecule has 1 N–H and O–H groups in total. The van der Waals surface area contributed by atoms with Gasteiger partial charge in [0.1, 0.15) is 6.04 Å². The highest BCUT2D eigenvalue weighted by Crippen LogP contribution is 2.30. The molecule has 1 amide bonds. The van der Waals surface area contributed by atoms with E-state index in [0.29, 0.717) is 11.5 Å². The number of anilines is 1. The summed E-state index contributed by atoms with van der Waals surface area (Å²) in [5, 5.41) is 6.98. The highest BCUT2D eigenvalue weighted by Gasteiger charge is 2.39. The van der Waals surface area contributed by atoms with Gasteiger partial charge in [0.15, 0.2) is 5.82 Å². The molecular formula is C25H23N5O3S. The van der Waals surface area contributed by atoms with Crippen LogP contribution < -0.4 is 5.32 Å². The molecule has 0 aliphatic carbocycles. The number of fused-ring (bicyclic) bond motifs is 1. The fourth-order valence-electron chi connectivity index (χ4n) is 4.05. The molecule has 3 heterocycles. The van der Waals surface area contributed by atoms with E-state index in [1.807, 2.05) is 31.2 Å². The van der Waals surface area contributed by atoms with Crippen LogP contribution in [0.5, 0.6) is 0 Å². The largest absolute Gasteiger partial charge is 0.323 e. The number of carbonyl (C=O) groups is 1. The summed E-state index contributed by atoms with van der Waals surface area (Å²) in [6, 6.07) is 18.6. The van der Waals surface area contributed by atoms with Crippen LogP contribution >= 0.6 is 0 Å². The number of carbonyl (C=O) groups excluding carboxylic acids is 1. The summed E-state index contributed by atoms with van der Waals surface area (Å²) in [6.07, 6.45) is 5.24. The van der Waals surface area contributed by atoms with E-state index >= 15 is 0 Å². The van der Waals surface area contributed by atoms with E-state index < -0.39 is 22.0 Å². The molecule has 0 bridgehead atoms. The van der Waals surface area contributed by atoms with Gasteiger partial charge in [-0.2, -0.15) is 9.40 Å². The average molecular weight is 474 g/mol. The van der Waals surface area contributed by atoms with Crippen LogP contribution in [0.1, 0.15) is 16.7 Å². The summed E-state index contributed by atoms with van der Waals surface area (Å²) in [6.45, 7) is 2.02. The van der Waals surface area contributed by atoms with Crippen molar-refractivity contribution in [2.24, 2.45) is 0 Å². The number of nitrogens with one attached hydrogen (secondary N) is 1. The molecular weight excluding hydrogens is 450 g/mol. The number of aryl methyl sites for hydroxylation is 1. The van der Waals surface area contributed by atoms with Gasteiger partial charge in [-0.1, -0.05) is 42.0 Å². The molecule has 1 atom stereocenters. The van der Waals surface area contributed by atoms with Gasteiger partial charge in [0.05, 0.1) is 16.8 Å². The number of hydrogen-bond donors (Lipinski definition) is 1. The lowest BCUT2D eigenvalue weighted by Crippen LogP contribution is -2.50. The third kappa shape index (κ3) is 4.23. The van der Waals surface area contributed by atoms with Crippen LogP contribution in [0.15, 0.2) is 90.2 Å². The Morgan fingerprint density at radius 3 is 2.44 bits per heavy atom. The Balaban J connectivity index is 1.44. The first-order valence-corrected chi connectivity index (χ1v) is 12.3. The second-order valence-electron chi connectivity index (χ2n) is 8.20. The van der Waals surface area contributed by atoms with Gasteiger partial charge in [-0.15, -0.1) is 0 Å². The number of benzene rings is 2. The van der Waals surface area contributed by atoms with Gasteiger partial charge in [0, 0.05) is 18.9 Å². The van der Waals surface area contributed by atoms with Crippen molar-refractivity contribution in [1.82, 2.24) is 19.1 Å². The third-order valence-corrected chi connectivity index (χ3v) is 7.76. The zero-order valence-electron chi connectivity index (χ0n) is 18.5. The molecule has 2 aromatic carbocycles. The fraction of sp³-hybridized carbons (Fsp3) is 0.160. The van der Waals surface area contributed by atoms with E-state index in [-0.39, 0.29) is 17.9 Å². The Hall–Kier alpha value is -3.82. The van der Waals surface area contributed by atoms with Crippen LogP contribution in [0.3, 0.4) is 0 Å². The Morgan fingerprint density at radius 1 is 1.00 bits per heavy atom. The van der Waals surface area contributed by atoms with Crippen LogP contribution in [0.25, 0.3) is 5.82 Å². The quantitative estimate of drug-likeness (QED) is 0.480. The maximum atomic E-state index is 13.6. The van der Waals surface area contributed by atoms with Gasteiger partial charge >= 0.3 is 0 Å². The maximum absolute atomic E-state index is 13.6. The number of rotatable bonds is 5. The minimum Gasteiger partial charge on any atom is -0.323 e. The zero-order valence-corrected chi connectivity index (χ0v) is 19.3. The smallest absolute Gasteiger partial charge is 0.244 e. The predicted octanol–water partition coefficient (Wildman–Crippen LogP) is 3.33. The van der Waals surface area contributed by atoms with Crippen molar-refractivity contribution in [2.45, 2.75) is 30.8 Å². The predicted molar refractivity (Wildman–Crippen MR) is 128 cm³/mol. The second kappa shape index (κ2) is 8.85. The van der Waals surface area contributed by atoms with Crippen molar-refractivity contribution in [3.63, 3.8) is 0 Å². The summed E-state index contributed by atoms with van der Waals surface area (Å²) < 4.78 is 30.1. The summed E-state index contributed by atoms with van der Waals surface area (Å²) in [7, 11) is -3.90. The van der Waals surface area contributed by atoms with Crippen molar-refractivity contribution in [3.8, 4) is 5.82 Å². The Kier molecular flexibility index (Phi) is 5.72. The molecule has 0 saturated carbocycles. The lowest BCUT2D eigenvalue weighted by atomic mass is 9.95. The number of amides is 1. The van der Waals surface area contributed by atoms with Crippen molar-refractivity contribution in [1.29, 1.82) is 0 Å². The molecule has 0 radical (unpaired) electrons. The van der Waals surface area contributed by atoms with Gasteiger partial charge < -0.3 is 5.32 Å². The van der Waals surface area contributed by atoms with Gasteiger partial charge in [-0.05, 0) is 54.8 Å². The van der Waals surface area contributed by atoms with Gasteiger partial charge in [0.25, 0.3) is 0 Å². The molecule has 0 saturated heterocycles. The number of pyridine rings is 1. The van der Waals surface area contributed by atoms with Crippen molar-refractivity contribution >= 4 is 21.6 Å². The average Bonchev–Trinajstić information content (AvgIpc) is 3.39. The highest BCUT2D eigenvalue weighted by atomic mass is 32.2. The van der Waals surface area contributed by atoms with E-state index in [4.69, 9.17) is 0 Å². The van der Waals surface area contributed by atoms with E-state index in [1.165, 1.54) is 10.5 Å². The first-order valence-electron chi connectivity index (χ1n) is 10.8.